The number of sulfone groups is 1. The molecule has 1 amide bonds. The Kier molecular flexibility index (Phi) is 5.10. The topological polar surface area (TPSA) is 84.3 Å². The van der Waals surface area contributed by atoms with Crippen molar-refractivity contribution in [2.45, 2.75) is 26.4 Å². The van der Waals surface area contributed by atoms with Crippen LogP contribution in [0.4, 0.5) is 0 Å². The van der Waals surface area contributed by atoms with E-state index in [2.05, 4.69) is 21.8 Å². The minimum absolute atomic E-state index is 0.110. The van der Waals surface area contributed by atoms with Crippen molar-refractivity contribution < 1.29 is 13.2 Å². The van der Waals surface area contributed by atoms with E-state index in [1.54, 1.807) is 0 Å². The predicted molar refractivity (Wildman–Crippen MR) is 97.1 cm³/mol. The number of imidazole rings is 1. The summed E-state index contributed by atoms with van der Waals surface area (Å²) in [6.07, 6.45) is 0. The van der Waals surface area contributed by atoms with Gasteiger partial charge in [-0.25, -0.2) is 13.4 Å². The molecular weight excluding hydrogens is 340 g/mol. The number of hydrogen-bond acceptors (Lipinski definition) is 5. The summed E-state index contributed by atoms with van der Waals surface area (Å²) in [5, 5.41) is 2.99. The molecule has 1 N–H and O–H groups in total. The minimum atomic E-state index is -2.93. The molecule has 2 aromatic rings. The lowest BCUT2D eigenvalue weighted by atomic mass is 10.3. The summed E-state index contributed by atoms with van der Waals surface area (Å²) in [5.41, 5.74) is 1.98. The Labute approximate surface area is 147 Å². The van der Waals surface area contributed by atoms with Crippen LogP contribution in [0.1, 0.15) is 25.7 Å². The van der Waals surface area contributed by atoms with E-state index in [-0.39, 0.29) is 30.0 Å². The van der Waals surface area contributed by atoms with Crippen LogP contribution in [0.15, 0.2) is 24.3 Å². The maximum atomic E-state index is 12.3. The van der Waals surface area contributed by atoms with Gasteiger partial charge in [-0.15, -0.1) is 0 Å². The van der Waals surface area contributed by atoms with E-state index in [9.17, 15) is 13.2 Å². The highest BCUT2D eigenvalue weighted by Crippen LogP contribution is 2.20. The number of aromatic nitrogens is 2. The number of fused-ring (bicyclic) bond motifs is 1. The van der Waals surface area contributed by atoms with Gasteiger partial charge in [-0.1, -0.05) is 12.1 Å². The second-order valence-corrected chi connectivity index (χ2v) is 8.72. The molecule has 1 atom stereocenters. The lowest BCUT2D eigenvalue weighted by Gasteiger charge is -2.26. The largest absolute Gasteiger partial charge is 0.345 e. The van der Waals surface area contributed by atoms with Gasteiger partial charge >= 0.3 is 0 Å². The summed E-state index contributed by atoms with van der Waals surface area (Å²) >= 11 is 0. The van der Waals surface area contributed by atoms with Crippen molar-refractivity contribution in [1.82, 2.24) is 19.8 Å². The van der Waals surface area contributed by atoms with E-state index in [0.717, 1.165) is 23.4 Å². The molecule has 1 aliphatic heterocycles. The first kappa shape index (κ1) is 17.9. The Hall–Kier alpha value is -1.93. The summed E-state index contributed by atoms with van der Waals surface area (Å²) in [7, 11) is -2.93. The number of para-hydroxylation sites is 2. The second kappa shape index (κ2) is 7.13. The lowest BCUT2D eigenvalue weighted by Crippen LogP contribution is -2.45. The van der Waals surface area contributed by atoms with Gasteiger partial charge in [0.2, 0.25) is 5.91 Å². The van der Waals surface area contributed by atoms with Gasteiger partial charge in [-0.3, -0.25) is 9.69 Å². The molecule has 25 heavy (non-hydrogen) atoms. The molecule has 1 aromatic carbocycles. The number of rotatable bonds is 5. The molecular formula is C17H24N4O3S. The van der Waals surface area contributed by atoms with Gasteiger partial charge in [0.1, 0.15) is 5.82 Å². The highest BCUT2D eigenvalue weighted by atomic mass is 32.2. The minimum Gasteiger partial charge on any atom is -0.345 e. The van der Waals surface area contributed by atoms with E-state index < -0.39 is 9.84 Å². The number of nitrogens with zero attached hydrogens (tertiary/aromatic N) is 3. The van der Waals surface area contributed by atoms with Gasteiger partial charge in [0.15, 0.2) is 9.84 Å². The molecule has 1 unspecified atom stereocenters. The summed E-state index contributed by atoms with van der Waals surface area (Å²) in [6.45, 7) is 5.80. The Bertz CT molecular complexity index is 861. The van der Waals surface area contributed by atoms with Crippen molar-refractivity contribution in [2.24, 2.45) is 0 Å². The van der Waals surface area contributed by atoms with Crippen molar-refractivity contribution in [1.29, 1.82) is 0 Å². The third-order valence-corrected chi connectivity index (χ3v) is 6.18. The fraction of sp³-hybridized carbons (Fsp3) is 0.529. The van der Waals surface area contributed by atoms with Crippen LogP contribution in [0.2, 0.25) is 0 Å². The van der Waals surface area contributed by atoms with Crippen molar-refractivity contribution in [2.75, 3.05) is 31.1 Å². The second-order valence-electron chi connectivity index (χ2n) is 6.42. The molecule has 1 aromatic heterocycles. The molecule has 1 aliphatic rings. The maximum Gasteiger partial charge on any atom is 0.234 e. The number of carbonyl (C=O) groups excluding carboxylic acids is 1. The normalized spacial score (nSPS) is 19.0. The van der Waals surface area contributed by atoms with Crippen LogP contribution in [0.3, 0.4) is 0 Å². The average molecular weight is 364 g/mol. The van der Waals surface area contributed by atoms with E-state index in [1.165, 1.54) is 0 Å². The van der Waals surface area contributed by atoms with Crippen molar-refractivity contribution in [3.63, 3.8) is 0 Å². The molecule has 7 nitrogen and oxygen atoms in total. The zero-order chi connectivity index (χ0) is 18.0. The number of amides is 1. The average Bonchev–Trinajstić information content (AvgIpc) is 2.95. The van der Waals surface area contributed by atoms with E-state index in [0.29, 0.717) is 13.1 Å². The third-order valence-electron chi connectivity index (χ3n) is 4.57. The van der Waals surface area contributed by atoms with Crippen molar-refractivity contribution in [3.05, 3.63) is 30.1 Å². The highest BCUT2D eigenvalue weighted by Gasteiger charge is 2.24. The van der Waals surface area contributed by atoms with Crippen LogP contribution < -0.4 is 5.32 Å². The first-order valence-electron chi connectivity index (χ1n) is 8.57. The molecule has 136 valence electrons. The lowest BCUT2D eigenvalue weighted by molar-refractivity contribution is -0.122. The monoisotopic (exact) mass is 364 g/mol. The van der Waals surface area contributed by atoms with Gasteiger partial charge in [0, 0.05) is 19.6 Å². The zero-order valence-corrected chi connectivity index (χ0v) is 15.4. The molecule has 1 fully saturated rings. The molecule has 0 saturated carbocycles. The van der Waals surface area contributed by atoms with Crippen LogP contribution in [0.5, 0.6) is 0 Å². The third kappa shape index (κ3) is 4.01. The zero-order valence-electron chi connectivity index (χ0n) is 14.6. The number of nitrogens with one attached hydrogen (secondary N) is 1. The predicted octanol–water partition coefficient (Wildman–Crippen LogP) is 0.964. The van der Waals surface area contributed by atoms with E-state index >= 15 is 0 Å². The molecule has 0 spiro atoms. The Morgan fingerprint density at radius 2 is 1.96 bits per heavy atom. The van der Waals surface area contributed by atoms with Gasteiger partial charge in [0.25, 0.3) is 0 Å². The molecule has 8 heteroatoms. The summed E-state index contributed by atoms with van der Waals surface area (Å²) in [6, 6.07) is 7.71. The summed E-state index contributed by atoms with van der Waals surface area (Å²) in [5.74, 6) is 0.975. The van der Waals surface area contributed by atoms with Crippen LogP contribution >= 0.6 is 0 Å². The summed E-state index contributed by atoms with van der Waals surface area (Å²) in [4.78, 5) is 18.9. The molecule has 3 rings (SSSR count). The Balaban J connectivity index is 1.66. The number of benzene rings is 1. The Morgan fingerprint density at radius 1 is 1.28 bits per heavy atom. The fourth-order valence-corrected chi connectivity index (χ4v) is 4.50. The van der Waals surface area contributed by atoms with Crippen LogP contribution in [0, 0.1) is 0 Å². The molecule has 0 radical (unpaired) electrons. The van der Waals surface area contributed by atoms with Crippen molar-refractivity contribution >= 4 is 26.8 Å². The van der Waals surface area contributed by atoms with Crippen LogP contribution in [-0.4, -0.2) is 59.9 Å². The number of aryl methyl sites for hydroxylation is 1. The SMILES string of the molecule is CCn1c(C(C)NC(=O)CN2CCS(=O)(=O)CC2)nc2ccccc21. The van der Waals surface area contributed by atoms with E-state index in [1.807, 2.05) is 36.1 Å². The molecule has 0 aliphatic carbocycles. The first-order chi connectivity index (χ1) is 11.9. The van der Waals surface area contributed by atoms with Gasteiger partial charge in [-0.2, -0.15) is 0 Å². The number of hydrogen-bond donors (Lipinski definition) is 1. The molecule has 2 heterocycles. The maximum absolute atomic E-state index is 12.3. The van der Waals surface area contributed by atoms with Gasteiger partial charge < -0.3 is 9.88 Å². The first-order valence-corrected chi connectivity index (χ1v) is 10.4. The van der Waals surface area contributed by atoms with Crippen LogP contribution in [-0.2, 0) is 21.2 Å². The number of carbonyl (C=O) groups is 1. The fourth-order valence-electron chi connectivity index (χ4n) is 3.22. The Morgan fingerprint density at radius 3 is 2.64 bits per heavy atom. The molecule has 0 bridgehead atoms. The quantitative estimate of drug-likeness (QED) is 0.854. The van der Waals surface area contributed by atoms with Crippen molar-refractivity contribution in [3.8, 4) is 0 Å². The standard InChI is InChI=1S/C17H24N4O3S/c1-3-21-15-7-5-4-6-14(15)19-17(21)13(2)18-16(22)12-20-8-10-25(23,24)11-9-20/h4-7,13H,3,8-12H2,1-2H3,(H,18,22). The summed E-state index contributed by atoms with van der Waals surface area (Å²) < 4.78 is 25.0. The van der Waals surface area contributed by atoms with E-state index in [4.69, 9.17) is 0 Å². The highest BCUT2D eigenvalue weighted by molar-refractivity contribution is 7.91. The van der Waals surface area contributed by atoms with Gasteiger partial charge in [0.05, 0.1) is 35.1 Å². The van der Waals surface area contributed by atoms with Crippen LogP contribution in [0.25, 0.3) is 11.0 Å². The van der Waals surface area contributed by atoms with Gasteiger partial charge in [-0.05, 0) is 26.0 Å². The molecule has 1 saturated heterocycles. The smallest absolute Gasteiger partial charge is 0.234 e.